The van der Waals surface area contributed by atoms with Crippen molar-refractivity contribution in [2.45, 2.75) is 19.4 Å². The third-order valence-electron chi connectivity index (χ3n) is 2.77. The van der Waals surface area contributed by atoms with Gasteiger partial charge in [0.2, 0.25) is 0 Å². The lowest BCUT2D eigenvalue weighted by molar-refractivity contribution is 0.332. The third-order valence-corrected chi connectivity index (χ3v) is 2.77. The summed E-state index contributed by atoms with van der Waals surface area (Å²) in [4.78, 5) is 0. The predicted octanol–water partition coefficient (Wildman–Crippen LogP) is 1.46. The van der Waals surface area contributed by atoms with Gasteiger partial charge in [-0.1, -0.05) is 37.3 Å². The van der Waals surface area contributed by atoms with Crippen LogP contribution in [0, 0.1) is 5.92 Å². The number of hydrogen-bond acceptors (Lipinski definition) is 2. The first-order valence-electron chi connectivity index (χ1n) is 4.63. The van der Waals surface area contributed by atoms with Gasteiger partial charge in [-0.25, -0.2) is 0 Å². The molecule has 0 saturated heterocycles. The molecule has 0 saturated carbocycles. The van der Waals surface area contributed by atoms with Crippen LogP contribution < -0.4 is 11.5 Å². The van der Waals surface area contributed by atoms with E-state index < -0.39 is 0 Å². The van der Waals surface area contributed by atoms with E-state index in [2.05, 4.69) is 6.92 Å². The van der Waals surface area contributed by atoms with Gasteiger partial charge in [0.25, 0.3) is 0 Å². The molecule has 1 rings (SSSR count). The molecule has 0 spiro atoms. The number of nitrogens with two attached hydrogens (primary N) is 2. The molecule has 0 aromatic heterocycles. The molecular weight excluding hydrogens is 160 g/mol. The van der Waals surface area contributed by atoms with Crippen LogP contribution in [0.1, 0.15) is 19.4 Å². The summed E-state index contributed by atoms with van der Waals surface area (Å²) in [5, 5.41) is 0. The van der Waals surface area contributed by atoms with E-state index in [1.54, 1.807) is 0 Å². The van der Waals surface area contributed by atoms with E-state index in [0.717, 1.165) is 5.56 Å². The van der Waals surface area contributed by atoms with Gasteiger partial charge in [-0.2, -0.15) is 0 Å². The molecule has 2 heteroatoms. The summed E-state index contributed by atoms with van der Waals surface area (Å²) in [6.45, 7) is 4.72. The molecule has 0 bridgehead atoms. The largest absolute Gasteiger partial charge is 0.330 e. The van der Waals surface area contributed by atoms with Gasteiger partial charge in [0.15, 0.2) is 0 Å². The first-order chi connectivity index (χ1) is 6.09. The highest BCUT2D eigenvalue weighted by atomic mass is 14.8. The SMILES string of the molecule is CC(CN)C(C)(N)c1ccccc1. The zero-order valence-corrected chi connectivity index (χ0v) is 8.33. The van der Waals surface area contributed by atoms with Gasteiger partial charge in [-0.3, -0.25) is 0 Å². The Balaban J connectivity index is 2.93. The second-order valence-electron chi connectivity index (χ2n) is 3.79. The average molecular weight is 178 g/mol. The topological polar surface area (TPSA) is 52.0 Å². The Morgan fingerprint density at radius 2 is 1.85 bits per heavy atom. The van der Waals surface area contributed by atoms with Crippen LogP contribution in [0.4, 0.5) is 0 Å². The molecule has 2 unspecified atom stereocenters. The molecule has 72 valence electrons. The van der Waals surface area contributed by atoms with Crippen molar-refractivity contribution in [3.05, 3.63) is 35.9 Å². The van der Waals surface area contributed by atoms with Gasteiger partial charge in [0.05, 0.1) is 0 Å². The van der Waals surface area contributed by atoms with Crippen LogP contribution in [-0.4, -0.2) is 6.54 Å². The van der Waals surface area contributed by atoms with Crippen LogP contribution in [0.2, 0.25) is 0 Å². The van der Waals surface area contributed by atoms with Crippen LogP contribution >= 0.6 is 0 Å². The third kappa shape index (κ3) is 2.08. The first-order valence-corrected chi connectivity index (χ1v) is 4.63. The molecule has 1 aromatic rings. The molecule has 0 radical (unpaired) electrons. The summed E-state index contributed by atoms with van der Waals surface area (Å²) >= 11 is 0. The minimum absolute atomic E-state index is 0.287. The predicted molar refractivity (Wildman–Crippen MR) is 56.2 cm³/mol. The normalized spacial score (nSPS) is 17.8. The summed E-state index contributed by atoms with van der Waals surface area (Å²) in [7, 11) is 0. The summed E-state index contributed by atoms with van der Waals surface area (Å²) in [5.74, 6) is 0.287. The summed E-state index contributed by atoms with van der Waals surface area (Å²) in [6.07, 6.45) is 0. The Labute approximate surface area is 79.9 Å². The first kappa shape index (κ1) is 10.2. The molecule has 0 aliphatic heterocycles. The van der Waals surface area contributed by atoms with Crippen molar-refractivity contribution >= 4 is 0 Å². The molecule has 0 aliphatic rings. The van der Waals surface area contributed by atoms with Crippen molar-refractivity contribution < 1.29 is 0 Å². The van der Waals surface area contributed by atoms with E-state index in [9.17, 15) is 0 Å². The molecule has 0 amide bonds. The Morgan fingerprint density at radius 1 is 1.31 bits per heavy atom. The highest BCUT2D eigenvalue weighted by Gasteiger charge is 2.26. The van der Waals surface area contributed by atoms with E-state index >= 15 is 0 Å². The van der Waals surface area contributed by atoms with E-state index in [0.29, 0.717) is 6.54 Å². The highest BCUT2D eigenvalue weighted by molar-refractivity contribution is 5.23. The van der Waals surface area contributed by atoms with Crippen LogP contribution in [0.3, 0.4) is 0 Å². The fourth-order valence-corrected chi connectivity index (χ4v) is 1.33. The molecule has 4 N–H and O–H groups in total. The zero-order chi connectivity index (χ0) is 9.90. The lowest BCUT2D eigenvalue weighted by atomic mass is 9.82. The zero-order valence-electron chi connectivity index (χ0n) is 8.33. The van der Waals surface area contributed by atoms with E-state index in [4.69, 9.17) is 11.5 Å². The van der Waals surface area contributed by atoms with Crippen molar-refractivity contribution in [3.8, 4) is 0 Å². The Kier molecular flexibility index (Phi) is 3.07. The molecule has 0 heterocycles. The lowest BCUT2D eigenvalue weighted by Gasteiger charge is -2.31. The maximum atomic E-state index is 6.21. The minimum atomic E-state index is -0.323. The number of benzene rings is 1. The van der Waals surface area contributed by atoms with Crippen LogP contribution in [0.15, 0.2) is 30.3 Å². The summed E-state index contributed by atoms with van der Waals surface area (Å²) in [6, 6.07) is 10.1. The van der Waals surface area contributed by atoms with Gasteiger partial charge >= 0.3 is 0 Å². The van der Waals surface area contributed by atoms with Crippen LogP contribution in [-0.2, 0) is 5.54 Å². The fourth-order valence-electron chi connectivity index (χ4n) is 1.33. The molecule has 13 heavy (non-hydrogen) atoms. The summed E-state index contributed by atoms with van der Waals surface area (Å²) in [5.41, 5.74) is 12.7. The van der Waals surface area contributed by atoms with Crippen LogP contribution in [0.5, 0.6) is 0 Å². The second-order valence-corrected chi connectivity index (χ2v) is 3.79. The van der Waals surface area contributed by atoms with Gasteiger partial charge in [-0.15, -0.1) is 0 Å². The van der Waals surface area contributed by atoms with Gasteiger partial charge in [0, 0.05) is 5.54 Å². The van der Waals surface area contributed by atoms with Crippen molar-refractivity contribution in [3.63, 3.8) is 0 Å². The minimum Gasteiger partial charge on any atom is -0.330 e. The van der Waals surface area contributed by atoms with E-state index in [-0.39, 0.29) is 11.5 Å². The summed E-state index contributed by atoms with van der Waals surface area (Å²) < 4.78 is 0. The monoisotopic (exact) mass is 178 g/mol. The Bertz CT molecular complexity index is 254. The second kappa shape index (κ2) is 3.90. The van der Waals surface area contributed by atoms with E-state index in [1.165, 1.54) is 0 Å². The lowest BCUT2D eigenvalue weighted by Crippen LogP contribution is -2.43. The standard InChI is InChI=1S/C11H18N2/c1-9(8-12)11(2,13)10-6-4-3-5-7-10/h3-7,9H,8,12-13H2,1-2H3. The number of hydrogen-bond donors (Lipinski definition) is 2. The van der Waals surface area contributed by atoms with Crippen molar-refractivity contribution in [1.82, 2.24) is 0 Å². The maximum absolute atomic E-state index is 6.21. The fraction of sp³-hybridized carbons (Fsp3) is 0.455. The van der Waals surface area contributed by atoms with E-state index in [1.807, 2.05) is 37.3 Å². The maximum Gasteiger partial charge on any atom is 0.0419 e. The Hall–Kier alpha value is -0.860. The van der Waals surface area contributed by atoms with Gasteiger partial charge in [-0.05, 0) is 24.9 Å². The molecule has 0 aliphatic carbocycles. The molecule has 1 aromatic carbocycles. The molecule has 2 atom stereocenters. The quantitative estimate of drug-likeness (QED) is 0.736. The van der Waals surface area contributed by atoms with Crippen molar-refractivity contribution in [2.24, 2.45) is 17.4 Å². The van der Waals surface area contributed by atoms with Crippen molar-refractivity contribution in [2.75, 3.05) is 6.54 Å². The highest BCUT2D eigenvalue weighted by Crippen LogP contribution is 2.25. The molecular formula is C11H18N2. The van der Waals surface area contributed by atoms with Crippen LogP contribution in [0.25, 0.3) is 0 Å². The Morgan fingerprint density at radius 3 is 2.31 bits per heavy atom. The van der Waals surface area contributed by atoms with Gasteiger partial charge < -0.3 is 11.5 Å². The van der Waals surface area contributed by atoms with Crippen molar-refractivity contribution in [1.29, 1.82) is 0 Å². The number of rotatable bonds is 3. The molecule has 2 nitrogen and oxygen atoms in total. The van der Waals surface area contributed by atoms with Gasteiger partial charge in [0.1, 0.15) is 0 Å². The average Bonchev–Trinajstić information content (AvgIpc) is 2.18. The molecule has 0 fully saturated rings. The smallest absolute Gasteiger partial charge is 0.0419 e.